The van der Waals surface area contributed by atoms with Crippen LogP contribution in [0.3, 0.4) is 0 Å². The molecule has 1 aromatic heterocycles. The van der Waals surface area contributed by atoms with Gasteiger partial charge in [-0.25, -0.2) is 9.78 Å². The molecule has 0 saturated heterocycles. The number of rotatable bonds is 3. The summed E-state index contributed by atoms with van der Waals surface area (Å²) in [6.45, 7) is 0. The lowest BCUT2D eigenvalue weighted by Crippen LogP contribution is -2.35. The van der Waals surface area contributed by atoms with Crippen LogP contribution in [0.4, 0.5) is 19.0 Å². The maximum Gasteiger partial charge on any atom is 0.433 e. The fraction of sp³-hybridized carbons (Fsp3) is 0.571. The van der Waals surface area contributed by atoms with Crippen LogP contribution in [0, 0.1) is 0 Å². The van der Waals surface area contributed by atoms with Gasteiger partial charge < -0.3 is 10.0 Å². The van der Waals surface area contributed by atoms with E-state index in [-0.39, 0.29) is 17.4 Å². The van der Waals surface area contributed by atoms with Gasteiger partial charge in [-0.1, -0.05) is 19.3 Å². The van der Waals surface area contributed by atoms with Crippen LogP contribution >= 0.6 is 0 Å². The van der Waals surface area contributed by atoms with Crippen LogP contribution in [0.2, 0.25) is 0 Å². The first kappa shape index (κ1) is 15.6. The average Bonchev–Trinajstić information content (AvgIpc) is 2.45. The van der Waals surface area contributed by atoms with Crippen molar-refractivity contribution >= 4 is 11.8 Å². The van der Waals surface area contributed by atoms with E-state index in [1.165, 1.54) is 0 Å². The Kier molecular flexibility index (Phi) is 4.39. The van der Waals surface area contributed by atoms with Crippen molar-refractivity contribution in [2.75, 3.05) is 11.9 Å². The highest BCUT2D eigenvalue weighted by molar-refractivity contribution is 5.93. The number of carboxylic acids is 1. The highest BCUT2D eigenvalue weighted by atomic mass is 19.4. The summed E-state index contributed by atoms with van der Waals surface area (Å²) in [7, 11) is 1.62. The Balaban J connectivity index is 2.40. The van der Waals surface area contributed by atoms with Crippen LogP contribution in [0.25, 0.3) is 0 Å². The van der Waals surface area contributed by atoms with Crippen molar-refractivity contribution < 1.29 is 23.1 Å². The van der Waals surface area contributed by atoms with Gasteiger partial charge in [-0.2, -0.15) is 13.2 Å². The standard InChI is InChI=1S/C14H17F3N2O2/c1-19(9-5-3-2-4-6-9)12-10(13(20)21)7-8-11(18-12)14(15,16)17/h7-9H,2-6H2,1H3,(H,20,21). The summed E-state index contributed by atoms with van der Waals surface area (Å²) >= 11 is 0. The smallest absolute Gasteiger partial charge is 0.433 e. The van der Waals surface area contributed by atoms with E-state index in [0.717, 1.165) is 38.2 Å². The summed E-state index contributed by atoms with van der Waals surface area (Å²) in [5.41, 5.74) is -1.26. The van der Waals surface area contributed by atoms with Gasteiger partial charge in [-0.3, -0.25) is 0 Å². The first-order chi connectivity index (χ1) is 9.80. The molecule has 1 heterocycles. The van der Waals surface area contributed by atoms with Crippen molar-refractivity contribution in [2.24, 2.45) is 0 Å². The minimum atomic E-state index is -4.58. The Morgan fingerprint density at radius 1 is 1.29 bits per heavy atom. The summed E-state index contributed by atoms with van der Waals surface area (Å²) in [6, 6.07) is 1.72. The predicted molar refractivity (Wildman–Crippen MR) is 71.5 cm³/mol. The fourth-order valence-corrected chi connectivity index (χ4v) is 2.68. The molecule has 116 valence electrons. The summed E-state index contributed by atoms with van der Waals surface area (Å²) in [5.74, 6) is -1.38. The van der Waals surface area contributed by atoms with Gasteiger partial charge in [0, 0.05) is 13.1 Å². The lowest BCUT2D eigenvalue weighted by atomic mass is 9.94. The van der Waals surface area contributed by atoms with Crippen LogP contribution in [0.5, 0.6) is 0 Å². The number of nitrogens with zero attached hydrogens (tertiary/aromatic N) is 2. The molecular formula is C14H17F3N2O2. The highest BCUT2D eigenvalue weighted by Crippen LogP contribution is 2.32. The van der Waals surface area contributed by atoms with Gasteiger partial charge >= 0.3 is 12.1 Å². The first-order valence-electron chi connectivity index (χ1n) is 6.85. The highest BCUT2D eigenvalue weighted by Gasteiger charge is 2.34. The number of hydrogen-bond donors (Lipinski definition) is 1. The molecule has 7 heteroatoms. The number of carbonyl (C=O) groups is 1. The Hall–Kier alpha value is -1.79. The van der Waals surface area contributed by atoms with Gasteiger partial charge in [0.1, 0.15) is 17.1 Å². The predicted octanol–water partition coefficient (Wildman–Crippen LogP) is 3.57. The molecule has 0 bridgehead atoms. The molecule has 21 heavy (non-hydrogen) atoms. The summed E-state index contributed by atoms with van der Waals surface area (Å²) in [5, 5.41) is 9.16. The Labute approximate surface area is 120 Å². The zero-order valence-electron chi connectivity index (χ0n) is 11.7. The zero-order chi connectivity index (χ0) is 15.6. The third-order valence-corrected chi connectivity index (χ3v) is 3.85. The van der Waals surface area contributed by atoms with E-state index in [9.17, 15) is 18.0 Å². The minimum Gasteiger partial charge on any atom is -0.478 e. The Morgan fingerprint density at radius 3 is 2.43 bits per heavy atom. The molecule has 0 aromatic carbocycles. The minimum absolute atomic E-state index is 0.0350. The van der Waals surface area contributed by atoms with E-state index in [4.69, 9.17) is 5.11 Å². The van der Waals surface area contributed by atoms with Gasteiger partial charge in [0.05, 0.1) is 0 Å². The zero-order valence-corrected chi connectivity index (χ0v) is 11.7. The summed E-state index contributed by atoms with van der Waals surface area (Å²) in [6.07, 6.45) is 0.194. The normalized spacial score (nSPS) is 16.8. The first-order valence-corrected chi connectivity index (χ1v) is 6.85. The Morgan fingerprint density at radius 2 is 1.90 bits per heavy atom. The van der Waals surface area contributed by atoms with E-state index in [2.05, 4.69) is 4.98 Å². The number of aromatic carboxylic acids is 1. The molecule has 1 N–H and O–H groups in total. The monoisotopic (exact) mass is 302 g/mol. The van der Waals surface area contributed by atoms with Gasteiger partial charge in [0.2, 0.25) is 0 Å². The number of carboxylic acid groups (broad SMARTS) is 1. The molecule has 2 rings (SSSR count). The quantitative estimate of drug-likeness (QED) is 0.927. The van der Waals surface area contributed by atoms with Crippen LogP contribution < -0.4 is 4.90 Å². The number of pyridine rings is 1. The van der Waals surface area contributed by atoms with Crippen molar-refractivity contribution in [3.63, 3.8) is 0 Å². The molecule has 4 nitrogen and oxygen atoms in total. The van der Waals surface area contributed by atoms with E-state index in [0.29, 0.717) is 6.07 Å². The lowest BCUT2D eigenvalue weighted by Gasteiger charge is -2.33. The molecule has 1 saturated carbocycles. The van der Waals surface area contributed by atoms with Gasteiger partial charge in [-0.05, 0) is 25.0 Å². The maximum atomic E-state index is 12.8. The molecule has 0 amide bonds. The third-order valence-electron chi connectivity index (χ3n) is 3.85. The van der Waals surface area contributed by atoms with Gasteiger partial charge in [0.15, 0.2) is 0 Å². The molecule has 0 atom stereocenters. The lowest BCUT2D eigenvalue weighted by molar-refractivity contribution is -0.141. The number of anilines is 1. The molecule has 0 spiro atoms. The third kappa shape index (κ3) is 3.46. The van der Waals surface area contributed by atoms with Crippen LogP contribution in [-0.4, -0.2) is 29.1 Å². The van der Waals surface area contributed by atoms with E-state index in [1.807, 2.05) is 0 Å². The molecule has 0 unspecified atom stereocenters. The number of halogens is 3. The van der Waals surface area contributed by atoms with Crippen molar-refractivity contribution in [2.45, 2.75) is 44.3 Å². The maximum absolute atomic E-state index is 12.8. The largest absolute Gasteiger partial charge is 0.478 e. The summed E-state index contributed by atoms with van der Waals surface area (Å²) < 4.78 is 38.3. The molecule has 1 aromatic rings. The van der Waals surface area contributed by atoms with E-state index in [1.54, 1.807) is 11.9 Å². The molecule has 0 radical (unpaired) electrons. The average molecular weight is 302 g/mol. The summed E-state index contributed by atoms with van der Waals surface area (Å²) in [4.78, 5) is 16.4. The molecule has 1 fully saturated rings. The second-order valence-electron chi connectivity index (χ2n) is 5.27. The van der Waals surface area contributed by atoms with Gasteiger partial charge in [-0.15, -0.1) is 0 Å². The second-order valence-corrected chi connectivity index (χ2v) is 5.27. The molecule has 0 aliphatic heterocycles. The number of alkyl halides is 3. The molecule has 1 aliphatic carbocycles. The second kappa shape index (κ2) is 5.91. The number of hydrogen-bond acceptors (Lipinski definition) is 3. The number of aromatic nitrogens is 1. The topological polar surface area (TPSA) is 53.4 Å². The van der Waals surface area contributed by atoms with Crippen molar-refractivity contribution in [3.8, 4) is 0 Å². The van der Waals surface area contributed by atoms with Crippen molar-refractivity contribution in [1.82, 2.24) is 4.98 Å². The SMILES string of the molecule is CN(c1nc(C(F)(F)F)ccc1C(=O)O)C1CCCCC1. The van der Waals surface area contributed by atoms with Crippen molar-refractivity contribution in [1.29, 1.82) is 0 Å². The van der Waals surface area contributed by atoms with E-state index >= 15 is 0 Å². The van der Waals surface area contributed by atoms with Crippen LogP contribution in [-0.2, 0) is 6.18 Å². The van der Waals surface area contributed by atoms with Gasteiger partial charge in [0.25, 0.3) is 0 Å². The van der Waals surface area contributed by atoms with E-state index < -0.39 is 17.8 Å². The van der Waals surface area contributed by atoms with Crippen LogP contribution in [0.15, 0.2) is 12.1 Å². The molecule has 1 aliphatic rings. The molecular weight excluding hydrogens is 285 g/mol. The van der Waals surface area contributed by atoms with Crippen LogP contribution in [0.1, 0.15) is 48.2 Å². The van der Waals surface area contributed by atoms with Crippen molar-refractivity contribution in [3.05, 3.63) is 23.4 Å². The Bertz CT molecular complexity index is 525. The fourth-order valence-electron chi connectivity index (χ4n) is 2.68.